The van der Waals surface area contributed by atoms with E-state index in [-0.39, 0.29) is 17.3 Å². The van der Waals surface area contributed by atoms with Crippen molar-refractivity contribution in [3.63, 3.8) is 0 Å². The van der Waals surface area contributed by atoms with Crippen LogP contribution < -0.4 is 5.73 Å². The quantitative estimate of drug-likeness (QED) is 0.920. The Labute approximate surface area is 138 Å². The van der Waals surface area contributed by atoms with Crippen molar-refractivity contribution < 1.29 is 9.32 Å². The third kappa shape index (κ3) is 3.42. The van der Waals surface area contributed by atoms with Gasteiger partial charge in [0.1, 0.15) is 5.01 Å². The topological polar surface area (TPSA) is 98.1 Å². The van der Waals surface area contributed by atoms with Gasteiger partial charge in [-0.25, -0.2) is 4.98 Å². The second-order valence-electron chi connectivity index (χ2n) is 6.83. The number of hydrogen-bond acceptors (Lipinski definition) is 7. The number of thiazole rings is 1. The minimum absolute atomic E-state index is 0.0255. The lowest BCUT2D eigenvalue weighted by Crippen LogP contribution is -2.23. The lowest BCUT2D eigenvalue weighted by molar-refractivity contribution is 0.0987. The van der Waals surface area contributed by atoms with E-state index in [2.05, 4.69) is 41.2 Å². The van der Waals surface area contributed by atoms with Crippen molar-refractivity contribution in [2.45, 2.75) is 51.6 Å². The summed E-state index contributed by atoms with van der Waals surface area (Å²) in [5.74, 6) is -0.265. The largest absolute Gasteiger partial charge is 0.363 e. The number of hydrogen-bond donors (Lipinski definition) is 1. The summed E-state index contributed by atoms with van der Waals surface area (Å²) in [6, 6.07) is 0.0255. The van der Waals surface area contributed by atoms with Crippen molar-refractivity contribution in [3.8, 4) is 0 Å². The molecule has 3 rings (SSSR count). The molecule has 1 fully saturated rings. The van der Waals surface area contributed by atoms with Gasteiger partial charge in [-0.1, -0.05) is 25.9 Å². The molecular weight excluding hydrogens is 314 g/mol. The van der Waals surface area contributed by atoms with E-state index in [1.54, 1.807) is 11.3 Å². The molecule has 7 nitrogen and oxygen atoms in total. The number of aromatic nitrogens is 3. The Kier molecular flexibility index (Phi) is 4.20. The first kappa shape index (κ1) is 16.1. The zero-order valence-electron chi connectivity index (χ0n) is 13.6. The molecule has 0 saturated carbocycles. The van der Waals surface area contributed by atoms with Gasteiger partial charge in [0.05, 0.1) is 18.3 Å². The van der Waals surface area contributed by atoms with Crippen LogP contribution in [0.5, 0.6) is 0 Å². The number of rotatable bonds is 4. The minimum atomic E-state index is -0.667. The van der Waals surface area contributed by atoms with Gasteiger partial charge in [-0.05, 0) is 19.4 Å². The molecule has 1 saturated heterocycles. The van der Waals surface area contributed by atoms with Gasteiger partial charge < -0.3 is 10.3 Å². The molecule has 0 radical (unpaired) electrons. The molecule has 124 valence electrons. The number of likely N-dealkylation sites (tertiary alicyclic amines) is 1. The number of carbonyl (C=O) groups excluding carboxylic acids is 1. The Morgan fingerprint density at radius 3 is 2.87 bits per heavy atom. The van der Waals surface area contributed by atoms with Crippen LogP contribution >= 0.6 is 11.3 Å². The highest BCUT2D eigenvalue weighted by atomic mass is 32.1. The molecule has 0 spiro atoms. The first-order chi connectivity index (χ1) is 10.8. The predicted molar refractivity (Wildman–Crippen MR) is 86.0 cm³/mol. The zero-order chi connectivity index (χ0) is 16.6. The third-order valence-corrected chi connectivity index (χ3v) is 4.80. The van der Waals surface area contributed by atoms with Crippen molar-refractivity contribution in [3.05, 3.63) is 27.8 Å². The van der Waals surface area contributed by atoms with Gasteiger partial charge in [-0.3, -0.25) is 9.69 Å². The molecule has 3 heterocycles. The van der Waals surface area contributed by atoms with E-state index in [0.29, 0.717) is 5.89 Å². The third-order valence-electron chi connectivity index (χ3n) is 3.97. The van der Waals surface area contributed by atoms with Crippen LogP contribution in [0.3, 0.4) is 0 Å². The average molecular weight is 335 g/mol. The summed E-state index contributed by atoms with van der Waals surface area (Å²) < 4.78 is 5.22. The zero-order valence-corrected chi connectivity index (χ0v) is 14.4. The Balaban J connectivity index is 1.74. The van der Waals surface area contributed by atoms with Crippen LogP contribution in [0.15, 0.2) is 9.90 Å². The number of nitrogens with two attached hydrogens (primary N) is 1. The fourth-order valence-electron chi connectivity index (χ4n) is 2.67. The first-order valence-electron chi connectivity index (χ1n) is 7.67. The van der Waals surface area contributed by atoms with Crippen molar-refractivity contribution in [2.75, 3.05) is 6.54 Å². The standard InChI is InChI=1S/C15H21N5O2S/c1-15(2,3)10-8-23-11(17-10)7-20-6-4-5-9(20)14-18-13(12(16)21)19-22-14/h8-9H,4-7H2,1-3H3,(H2,16,21). The average Bonchev–Trinajstić information content (AvgIpc) is 3.17. The van der Waals surface area contributed by atoms with Gasteiger partial charge in [-0.15, -0.1) is 11.3 Å². The molecule has 0 aliphatic carbocycles. The number of primary amides is 1. The SMILES string of the molecule is CC(C)(C)c1csc(CN2CCCC2c2nc(C(N)=O)no2)n1. The Hall–Kier alpha value is -1.80. The van der Waals surface area contributed by atoms with Crippen molar-refractivity contribution in [2.24, 2.45) is 5.73 Å². The maximum absolute atomic E-state index is 11.1. The molecular formula is C15H21N5O2S. The molecule has 1 amide bonds. The molecule has 2 aromatic rings. The van der Waals surface area contributed by atoms with E-state index in [0.717, 1.165) is 36.6 Å². The molecule has 0 aromatic carbocycles. The lowest BCUT2D eigenvalue weighted by Gasteiger charge is -2.20. The Morgan fingerprint density at radius 1 is 1.48 bits per heavy atom. The van der Waals surface area contributed by atoms with Gasteiger partial charge in [0.25, 0.3) is 11.7 Å². The fraction of sp³-hybridized carbons (Fsp3) is 0.600. The monoisotopic (exact) mass is 335 g/mol. The summed E-state index contributed by atoms with van der Waals surface area (Å²) in [7, 11) is 0. The smallest absolute Gasteiger partial charge is 0.290 e. The van der Waals surface area contributed by atoms with E-state index < -0.39 is 5.91 Å². The first-order valence-corrected chi connectivity index (χ1v) is 8.55. The molecule has 1 unspecified atom stereocenters. The maximum Gasteiger partial charge on any atom is 0.290 e. The summed E-state index contributed by atoms with van der Waals surface area (Å²) in [6.07, 6.45) is 1.98. The van der Waals surface area contributed by atoms with Crippen molar-refractivity contribution in [1.29, 1.82) is 0 Å². The highest BCUT2D eigenvalue weighted by molar-refractivity contribution is 7.09. The summed E-state index contributed by atoms with van der Waals surface area (Å²) in [5.41, 5.74) is 6.35. The fourth-order valence-corrected chi connectivity index (χ4v) is 3.71. The Morgan fingerprint density at radius 2 is 2.26 bits per heavy atom. The Bertz CT molecular complexity index is 703. The van der Waals surface area contributed by atoms with Crippen molar-refractivity contribution in [1.82, 2.24) is 20.0 Å². The van der Waals surface area contributed by atoms with Crippen LogP contribution in [0.2, 0.25) is 0 Å². The van der Waals surface area contributed by atoms with Gasteiger partial charge >= 0.3 is 0 Å². The highest BCUT2D eigenvalue weighted by Gasteiger charge is 2.32. The summed E-state index contributed by atoms with van der Waals surface area (Å²) in [4.78, 5) is 22.2. The van der Waals surface area contributed by atoms with E-state index >= 15 is 0 Å². The predicted octanol–water partition coefficient (Wildman–Crippen LogP) is 2.26. The van der Waals surface area contributed by atoms with Crippen molar-refractivity contribution >= 4 is 17.2 Å². The maximum atomic E-state index is 11.1. The number of amides is 1. The van der Waals surface area contributed by atoms with Crippen LogP contribution in [0, 0.1) is 0 Å². The van der Waals surface area contributed by atoms with Crippen LogP contribution in [0.4, 0.5) is 0 Å². The normalized spacial score (nSPS) is 19.3. The molecule has 23 heavy (non-hydrogen) atoms. The van der Waals surface area contributed by atoms with E-state index in [4.69, 9.17) is 15.2 Å². The summed E-state index contributed by atoms with van der Waals surface area (Å²) in [6.45, 7) is 8.18. The summed E-state index contributed by atoms with van der Waals surface area (Å²) in [5, 5.41) is 6.84. The molecule has 1 aliphatic rings. The van der Waals surface area contributed by atoms with Gasteiger partial charge in [0.15, 0.2) is 0 Å². The molecule has 2 N–H and O–H groups in total. The molecule has 8 heteroatoms. The minimum Gasteiger partial charge on any atom is -0.363 e. The van der Waals surface area contributed by atoms with Crippen LogP contribution in [-0.4, -0.2) is 32.5 Å². The lowest BCUT2D eigenvalue weighted by atomic mass is 9.93. The molecule has 1 atom stereocenters. The van der Waals surface area contributed by atoms with Crippen LogP contribution in [0.1, 0.15) is 66.9 Å². The number of nitrogens with zero attached hydrogens (tertiary/aromatic N) is 4. The summed E-state index contributed by atoms with van der Waals surface area (Å²) >= 11 is 1.68. The second-order valence-corrected chi connectivity index (χ2v) is 7.77. The molecule has 0 bridgehead atoms. The highest BCUT2D eigenvalue weighted by Crippen LogP contribution is 2.33. The van der Waals surface area contributed by atoms with Gasteiger partial charge in [0, 0.05) is 10.8 Å². The van der Waals surface area contributed by atoms with E-state index in [9.17, 15) is 4.79 Å². The van der Waals surface area contributed by atoms with E-state index in [1.165, 1.54) is 0 Å². The van der Waals surface area contributed by atoms with Gasteiger partial charge in [-0.2, -0.15) is 4.98 Å². The number of carbonyl (C=O) groups is 1. The second kappa shape index (κ2) is 6.01. The molecule has 1 aliphatic heterocycles. The van der Waals surface area contributed by atoms with Crippen LogP contribution in [-0.2, 0) is 12.0 Å². The molecule has 2 aromatic heterocycles. The van der Waals surface area contributed by atoms with Gasteiger partial charge in [0.2, 0.25) is 5.89 Å². The van der Waals surface area contributed by atoms with E-state index in [1.807, 2.05) is 0 Å². The van der Waals surface area contributed by atoms with Crippen LogP contribution in [0.25, 0.3) is 0 Å².